The first kappa shape index (κ1) is 17.6. The maximum atomic E-state index is 13.8. The molecule has 0 aliphatic heterocycles. The van der Waals surface area contributed by atoms with Crippen LogP contribution in [0, 0.1) is 0 Å². The number of alkyl halides is 3. The second-order valence-electron chi connectivity index (χ2n) is 5.62. The van der Waals surface area contributed by atoms with E-state index in [9.17, 15) is 22.8 Å². The molecule has 0 atom stereocenters. The first-order valence-corrected chi connectivity index (χ1v) is 7.79. The van der Waals surface area contributed by atoms with Gasteiger partial charge in [0, 0.05) is 22.3 Å². The van der Waals surface area contributed by atoms with E-state index >= 15 is 0 Å². The van der Waals surface area contributed by atoms with Gasteiger partial charge in [0.2, 0.25) is 0 Å². The number of rotatable bonds is 4. The Morgan fingerprint density at radius 1 is 0.577 bits per heavy atom. The van der Waals surface area contributed by atoms with E-state index < -0.39 is 34.4 Å². The molecule has 3 rings (SSSR count). The Hall–Kier alpha value is -3.21. The molecule has 0 N–H and O–H groups in total. The number of hydrogen-bond donors (Lipinski definition) is 0. The zero-order valence-electron chi connectivity index (χ0n) is 13.5. The van der Waals surface area contributed by atoms with Gasteiger partial charge in [-0.05, 0) is 0 Å². The average Bonchev–Trinajstić information content (AvgIpc) is 2.67. The summed E-state index contributed by atoms with van der Waals surface area (Å²) in [5.41, 5.74) is -2.02. The van der Waals surface area contributed by atoms with Gasteiger partial charge in [0.15, 0.2) is 11.6 Å². The average molecular weight is 354 g/mol. The van der Waals surface area contributed by atoms with Crippen molar-refractivity contribution in [3.05, 3.63) is 107 Å². The molecule has 0 amide bonds. The summed E-state index contributed by atoms with van der Waals surface area (Å²) in [7, 11) is 0. The first-order chi connectivity index (χ1) is 12.4. The molecular weight excluding hydrogens is 341 g/mol. The monoisotopic (exact) mass is 354 g/mol. The lowest BCUT2D eigenvalue weighted by molar-refractivity contribution is -0.138. The minimum Gasteiger partial charge on any atom is -0.289 e. The standard InChI is InChI=1S/C21H13F3O2/c22-21(23,24)18-16(19(25)14-8-3-1-4-9-14)12-7-13-17(18)20(26)15-10-5-2-6-11-15/h1-13H. The van der Waals surface area contributed by atoms with Crippen LogP contribution in [-0.2, 0) is 6.18 Å². The molecule has 0 saturated carbocycles. The fourth-order valence-corrected chi connectivity index (χ4v) is 2.73. The van der Waals surface area contributed by atoms with Crippen LogP contribution in [0.5, 0.6) is 0 Å². The van der Waals surface area contributed by atoms with Gasteiger partial charge in [0.25, 0.3) is 0 Å². The minimum absolute atomic E-state index is 0.127. The third-order valence-electron chi connectivity index (χ3n) is 3.91. The Bertz CT molecular complexity index is 876. The summed E-state index contributed by atoms with van der Waals surface area (Å²) in [5.74, 6) is -1.55. The molecular formula is C21H13F3O2. The van der Waals surface area contributed by atoms with Crippen LogP contribution in [0.1, 0.15) is 37.4 Å². The molecule has 0 unspecified atom stereocenters. The van der Waals surface area contributed by atoms with E-state index in [1.54, 1.807) is 36.4 Å². The fraction of sp³-hybridized carbons (Fsp3) is 0.0476. The zero-order chi connectivity index (χ0) is 18.7. The normalized spacial score (nSPS) is 11.2. The van der Waals surface area contributed by atoms with Gasteiger partial charge in [-0.2, -0.15) is 13.2 Å². The molecule has 0 heterocycles. The third kappa shape index (κ3) is 3.42. The van der Waals surface area contributed by atoms with Crippen LogP contribution >= 0.6 is 0 Å². The number of hydrogen-bond acceptors (Lipinski definition) is 2. The van der Waals surface area contributed by atoms with E-state index in [2.05, 4.69) is 0 Å². The summed E-state index contributed by atoms with van der Waals surface area (Å²) >= 11 is 0. The largest absolute Gasteiger partial charge is 0.417 e. The Balaban J connectivity index is 2.18. The van der Waals surface area contributed by atoms with E-state index in [1.807, 2.05) is 0 Å². The van der Waals surface area contributed by atoms with E-state index in [0.29, 0.717) is 0 Å². The van der Waals surface area contributed by atoms with Crippen molar-refractivity contribution in [1.29, 1.82) is 0 Å². The Morgan fingerprint density at radius 3 is 1.31 bits per heavy atom. The predicted molar refractivity (Wildman–Crippen MR) is 91.2 cm³/mol. The van der Waals surface area contributed by atoms with Gasteiger partial charge in [-0.1, -0.05) is 78.9 Å². The first-order valence-electron chi connectivity index (χ1n) is 7.79. The topological polar surface area (TPSA) is 34.1 Å². The molecule has 0 fully saturated rings. The molecule has 2 nitrogen and oxygen atoms in total. The Morgan fingerprint density at radius 2 is 0.962 bits per heavy atom. The summed E-state index contributed by atoms with van der Waals surface area (Å²) in [4.78, 5) is 25.2. The molecule has 3 aromatic carbocycles. The summed E-state index contributed by atoms with van der Waals surface area (Å²) in [5, 5.41) is 0. The molecule has 0 aromatic heterocycles. The molecule has 130 valence electrons. The maximum absolute atomic E-state index is 13.8. The van der Waals surface area contributed by atoms with Crippen molar-refractivity contribution >= 4 is 11.6 Å². The zero-order valence-corrected chi connectivity index (χ0v) is 13.5. The number of benzene rings is 3. The van der Waals surface area contributed by atoms with Crippen molar-refractivity contribution < 1.29 is 22.8 Å². The van der Waals surface area contributed by atoms with Gasteiger partial charge in [-0.3, -0.25) is 9.59 Å². The van der Waals surface area contributed by atoms with E-state index in [4.69, 9.17) is 0 Å². The number of halogens is 3. The molecule has 0 spiro atoms. The van der Waals surface area contributed by atoms with Gasteiger partial charge < -0.3 is 0 Å². The highest BCUT2D eigenvalue weighted by molar-refractivity contribution is 6.15. The van der Waals surface area contributed by atoms with Crippen molar-refractivity contribution in [2.75, 3.05) is 0 Å². The molecule has 0 bridgehead atoms. The summed E-state index contributed by atoms with van der Waals surface area (Å²) in [6.07, 6.45) is -4.85. The molecule has 3 aromatic rings. The quantitative estimate of drug-likeness (QED) is 0.606. The minimum atomic E-state index is -4.85. The second kappa shape index (κ2) is 6.96. The van der Waals surface area contributed by atoms with Crippen molar-refractivity contribution in [3.63, 3.8) is 0 Å². The highest BCUT2D eigenvalue weighted by atomic mass is 19.4. The van der Waals surface area contributed by atoms with Crippen molar-refractivity contribution in [2.24, 2.45) is 0 Å². The molecule has 0 radical (unpaired) electrons. The van der Waals surface area contributed by atoms with Crippen LogP contribution in [0.25, 0.3) is 0 Å². The van der Waals surface area contributed by atoms with E-state index in [-0.39, 0.29) is 11.1 Å². The molecule has 26 heavy (non-hydrogen) atoms. The molecule has 0 saturated heterocycles. The number of carbonyl (C=O) groups excluding carboxylic acids is 2. The van der Waals surface area contributed by atoms with Crippen LogP contribution < -0.4 is 0 Å². The third-order valence-corrected chi connectivity index (χ3v) is 3.91. The lowest BCUT2D eigenvalue weighted by Gasteiger charge is -2.16. The van der Waals surface area contributed by atoms with E-state index in [0.717, 1.165) is 12.1 Å². The summed E-state index contributed by atoms with van der Waals surface area (Å²) in [6, 6.07) is 18.8. The fourth-order valence-electron chi connectivity index (χ4n) is 2.73. The SMILES string of the molecule is O=C(c1ccccc1)c1cccc(C(=O)c2ccccc2)c1C(F)(F)F. The molecule has 0 aliphatic carbocycles. The smallest absolute Gasteiger partial charge is 0.289 e. The van der Waals surface area contributed by atoms with E-state index in [1.165, 1.54) is 30.3 Å². The highest BCUT2D eigenvalue weighted by Gasteiger charge is 2.39. The van der Waals surface area contributed by atoms with Crippen LogP contribution in [0.2, 0.25) is 0 Å². The summed E-state index contributed by atoms with van der Waals surface area (Å²) in [6.45, 7) is 0. The van der Waals surface area contributed by atoms with Gasteiger partial charge in [-0.15, -0.1) is 0 Å². The second-order valence-corrected chi connectivity index (χ2v) is 5.62. The predicted octanol–water partition coefficient (Wildman–Crippen LogP) is 5.17. The van der Waals surface area contributed by atoms with Crippen LogP contribution in [0.15, 0.2) is 78.9 Å². The van der Waals surface area contributed by atoms with Gasteiger partial charge in [0.1, 0.15) is 0 Å². The lowest BCUT2D eigenvalue weighted by Crippen LogP contribution is -2.19. The highest BCUT2D eigenvalue weighted by Crippen LogP contribution is 2.36. The summed E-state index contributed by atoms with van der Waals surface area (Å²) < 4.78 is 41.3. The molecule has 0 aliphatic rings. The van der Waals surface area contributed by atoms with Crippen molar-refractivity contribution in [2.45, 2.75) is 6.18 Å². The Labute approximate surface area is 147 Å². The van der Waals surface area contributed by atoms with Crippen LogP contribution in [0.4, 0.5) is 13.2 Å². The molecule has 5 heteroatoms. The van der Waals surface area contributed by atoms with Gasteiger partial charge >= 0.3 is 6.18 Å². The van der Waals surface area contributed by atoms with Crippen molar-refractivity contribution in [3.8, 4) is 0 Å². The number of carbonyl (C=O) groups is 2. The lowest BCUT2D eigenvalue weighted by atomic mass is 9.90. The van der Waals surface area contributed by atoms with Crippen LogP contribution in [-0.4, -0.2) is 11.6 Å². The van der Waals surface area contributed by atoms with Gasteiger partial charge in [-0.25, -0.2) is 0 Å². The Kier molecular flexibility index (Phi) is 4.71. The van der Waals surface area contributed by atoms with Crippen molar-refractivity contribution in [1.82, 2.24) is 0 Å². The van der Waals surface area contributed by atoms with Gasteiger partial charge in [0.05, 0.1) is 5.56 Å². The van der Waals surface area contributed by atoms with Crippen LogP contribution in [0.3, 0.4) is 0 Å². The number of ketones is 2. The maximum Gasteiger partial charge on any atom is 0.417 e.